The highest BCUT2D eigenvalue weighted by molar-refractivity contribution is 6.14. The van der Waals surface area contributed by atoms with E-state index < -0.39 is 0 Å². The highest BCUT2D eigenvalue weighted by Gasteiger charge is 2.19. The van der Waals surface area contributed by atoms with Gasteiger partial charge in [0.15, 0.2) is 0 Å². The van der Waals surface area contributed by atoms with Gasteiger partial charge in [-0.05, 0) is 96.9 Å². The number of para-hydroxylation sites is 1. The van der Waals surface area contributed by atoms with Crippen LogP contribution in [0.15, 0.2) is 212 Å². The highest BCUT2D eigenvalue weighted by atomic mass is 15.1. The molecule has 0 aliphatic heterocycles. The topological polar surface area (TPSA) is 3.24 Å². The molecule has 0 saturated heterocycles. The lowest BCUT2D eigenvalue weighted by atomic mass is 9.91. The van der Waals surface area contributed by atoms with Crippen molar-refractivity contribution in [2.75, 3.05) is 4.90 Å². The summed E-state index contributed by atoms with van der Waals surface area (Å²) in [6, 6.07) is 76.6. The van der Waals surface area contributed by atoms with Gasteiger partial charge in [0.1, 0.15) is 0 Å². The molecule has 51 heavy (non-hydrogen) atoms. The van der Waals surface area contributed by atoms with Crippen LogP contribution < -0.4 is 4.90 Å². The molecule has 0 bridgehead atoms. The Balaban J connectivity index is 1.20. The van der Waals surface area contributed by atoms with Gasteiger partial charge in [-0.1, -0.05) is 176 Å². The van der Waals surface area contributed by atoms with E-state index in [-0.39, 0.29) is 0 Å². The summed E-state index contributed by atoms with van der Waals surface area (Å²) in [6.07, 6.45) is 0. The predicted molar refractivity (Wildman–Crippen MR) is 218 cm³/mol. The summed E-state index contributed by atoms with van der Waals surface area (Å²) in [5, 5.41) is 5.04. The first-order chi connectivity index (χ1) is 25.3. The van der Waals surface area contributed by atoms with Gasteiger partial charge in [0, 0.05) is 16.9 Å². The van der Waals surface area contributed by atoms with E-state index in [1.807, 2.05) is 0 Å². The van der Waals surface area contributed by atoms with E-state index in [0.717, 1.165) is 17.1 Å². The third kappa shape index (κ3) is 5.86. The standard InChI is InChI=1S/C50H35N/c1-4-14-36(15-5-1)37-24-26-38(27-25-37)39-28-31-44(32-29-39)51(43-19-8-3-9-20-43)50-35-42(30-33-46(50)40-16-6-2-7-17-40)49-34-41-18-10-11-21-45(41)47-22-12-13-23-48(47)49/h1-35H. The van der Waals surface area contributed by atoms with Crippen LogP contribution in [0.25, 0.3) is 66.1 Å². The summed E-state index contributed by atoms with van der Waals surface area (Å²) in [5.41, 5.74) is 12.9. The molecule has 0 amide bonds. The number of rotatable bonds is 7. The number of hydrogen-bond donors (Lipinski definition) is 0. The lowest BCUT2D eigenvalue weighted by Crippen LogP contribution is -2.11. The number of anilines is 3. The molecule has 0 radical (unpaired) electrons. The van der Waals surface area contributed by atoms with Crippen molar-refractivity contribution < 1.29 is 0 Å². The lowest BCUT2D eigenvalue weighted by molar-refractivity contribution is 1.28. The summed E-state index contributed by atoms with van der Waals surface area (Å²) in [5.74, 6) is 0. The highest BCUT2D eigenvalue weighted by Crippen LogP contribution is 2.44. The molecule has 9 aromatic carbocycles. The van der Waals surface area contributed by atoms with Crippen LogP contribution in [0.5, 0.6) is 0 Å². The molecule has 0 heterocycles. The van der Waals surface area contributed by atoms with Crippen LogP contribution in [0.3, 0.4) is 0 Å². The Bertz CT molecular complexity index is 2590. The van der Waals surface area contributed by atoms with Crippen molar-refractivity contribution in [1.29, 1.82) is 0 Å². The van der Waals surface area contributed by atoms with Crippen LogP contribution in [0, 0.1) is 0 Å². The number of nitrogens with zero attached hydrogens (tertiary/aromatic N) is 1. The normalized spacial score (nSPS) is 11.1. The first kappa shape index (κ1) is 30.4. The molecule has 0 fully saturated rings. The molecule has 0 aliphatic rings. The van der Waals surface area contributed by atoms with Crippen molar-refractivity contribution in [3.05, 3.63) is 212 Å². The quantitative estimate of drug-likeness (QED) is 0.155. The zero-order chi connectivity index (χ0) is 34.0. The van der Waals surface area contributed by atoms with Crippen LogP contribution >= 0.6 is 0 Å². The average Bonchev–Trinajstić information content (AvgIpc) is 3.22. The van der Waals surface area contributed by atoms with E-state index in [2.05, 4.69) is 217 Å². The molecular formula is C50H35N. The first-order valence-electron chi connectivity index (χ1n) is 17.5. The third-order valence-electron chi connectivity index (χ3n) is 9.87. The van der Waals surface area contributed by atoms with Gasteiger partial charge in [-0.25, -0.2) is 0 Å². The van der Waals surface area contributed by atoms with E-state index in [9.17, 15) is 0 Å². The van der Waals surface area contributed by atoms with Crippen molar-refractivity contribution >= 4 is 38.6 Å². The average molecular weight is 650 g/mol. The van der Waals surface area contributed by atoms with Gasteiger partial charge in [-0.3, -0.25) is 0 Å². The second-order valence-electron chi connectivity index (χ2n) is 13.0. The van der Waals surface area contributed by atoms with E-state index in [4.69, 9.17) is 0 Å². The molecule has 0 spiro atoms. The maximum Gasteiger partial charge on any atom is 0.0546 e. The van der Waals surface area contributed by atoms with Crippen molar-refractivity contribution in [2.24, 2.45) is 0 Å². The predicted octanol–water partition coefficient (Wildman–Crippen LogP) is 14.1. The van der Waals surface area contributed by atoms with Crippen LogP contribution in [-0.4, -0.2) is 0 Å². The molecule has 9 rings (SSSR count). The first-order valence-corrected chi connectivity index (χ1v) is 17.5. The summed E-state index contributed by atoms with van der Waals surface area (Å²) < 4.78 is 0. The van der Waals surface area contributed by atoms with Gasteiger partial charge in [0.25, 0.3) is 0 Å². The van der Waals surface area contributed by atoms with Gasteiger partial charge in [-0.2, -0.15) is 0 Å². The van der Waals surface area contributed by atoms with Gasteiger partial charge < -0.3 is 4.90 Å². The smallest absolute Gasteiger partial charge is 0.0546 e. The Hall–Kier alpha value is -6.70. The van der Waals surface area contributed by atoms with Crippen LogP contribution in [0.1, 0.15) is 0 Å². The lowest BCUT2D eigenvalue weighted by Gasteiger charge is -2.29. The van der Waals surface area contributed by atoms with Gasteiger partial charge in [0.05, 0.1) is 5.69 Å². The molecule has 9 aromatic rings. The van der Waals surface area contributed by atoms with Gasteiger partial charge >= 0.3 is 0 Å². The zero-order valence-corrected chi connectivity index (χ0v) is 28.2. The molecular weight excluding hydrogens is 615 g/mol. The molecule has 240 valence electrons. The van der Waals surface area contributed by atoms with Gasteiger partial charge in [0.2, 0.25) is 0 Å². The molecule has 1 nitrogen and oxygen atoms in total. The monoisotopic (exact) mass is 649 g/mol. The second-order valence-corrected chi connectivity index (χ2v) is 13.0. The summed E-state index contributed by atoms with van der Waals surface area (Å²) in [7, 11) is 0. The second kappa shape index (κ2) is 13.3. The molecule has 1 heteroatoms. The fraction of sp³-hybridized carbons (Fsp3) is 0. The SMILES string of the molecule is c1ccc(-c2ccc(-c3ccc(N(c4ccccc4)c4cc(-c5cc6ccccc6c6ccccc56)ccc4-c4ccccc4)cc3)cc2)cc1. The van der Waals surface area contributed by atoms with Crippen LogP contribution in [0.4, 0.5) is 17.1 Å². The van der Waals surface area contributed by atoms with Crippen molar-refractivity contribution in [3.63, 3.8) is 0 Å². The van der Waals surface area contributed by atoms with Crippen molar-refractivity contribution in [1.82, 2.24) is 0 Å². The summed E-state index contributed by atoms with van der Waals surface area (Å²) >= 11 is 0. The summed E-state index contributed by atoms with van der Waals surface area (Å²) in [4.78, 5) is 2.40. The molecule has 0 N–H and O–H groups in total. The van der Waals surface area contributed by atoms with E-state index in [1.165, 1.54) is 66.1 Å². The van der Waals surface area contributed by atoms with Crippen LogP contribution in [0.2, 0.25) is 0 Å². The largest absolute Gasteiger partial charge is 0.310 e. The molecule has 0 atom stereocenters. The van der Waals surface area contributed by atoms with Crippen molar-refractivity contribution in [3.8, 4) is 44.5 Å². The number of fused-ring (bicyclic) bond motifs is 3. The number of benzene rings is 9. The van der Waals surface area contributed by atoms with Crippen LogP contribution in [-0.2, 0) is 0 Å². The Morgan fingerprint density at radius 3 is 1.35 bits per heavy atom. The minimum atomic E-state index is 1.10. The van der Waals surface area contributed by atoms with E-state index in [0.29, 0.717) is 0 Å². The maximum absolute atomic E-state index is 2.40. The third-order valence-corrected chi connectivity index (χ3v) is 9.87. The molecule has 0 unspecified atom stereocenters. The Kier molecular flexibility index (Phi) is 7.92. The molecule has 0 saturated carbocycles. The van der Waals surface area contributed by atoms with E-state index >= 15 is 0 Å². The Morgan fingerprint density at radius 1 is 0.255 bits per heavy atom. The Labute approximate surface area is 299 Å². The van der Waals surface area contributed by atoms with Gasteiger partial charge in [-0.15, -0.1) is 0 Å². The summed E-state index contributed by atoms with van der Waals surface area (Å²) in [6.45, 7) is 0. The fourth-order valence-electron chi connectivity index (χ4n) is 7.33. The fourth-order valence-corrected chi connectivity index (χ4v) is 7.33. The maximum atomic E-state index is 2.40. The Morgan fingerprint density at radius 2 is 0.706 bits per heavy atom. The van der Waals surface area contributed by atoms with E-state index in [1.54, 1.807) is 0 Å². The minimum absolute atomic E-state index is 1.10. The minimum Gasteiger partial charge on any atom is -0.310 e. The zero-order valence-electron chi connectivity index (χ0n) is 28.2. The molecule has 0 aromatic heterocycles. The number of hydrogen-bond acceptors (Lipinski definition) is 1. The molecule has 0 aliphatic carbocycles. The van der Waals surface area contributed by atoms with Crippen molar-refractivity contribution in [2.45, 2.75) is 0 Å².